The summed E-state index contributed by atoms with van der Waals surface area (Å²) in [5.41, 5.74) is 9.17. The average Bonchev–Trinajstić information content (AvgIpc) is 3.18. The Morgan fingerprint density at radius 1 is 0.442 bits per heavy atom. The Hall–Kier alpha value is -6.02. The van der Waals surface area contributed by atoms with Crippen molar-refractivity contribution in [1.82, 2.24) is 9.97 Å². The van der Waals surface area contributed by atoms with E-state index >= 15 is 0 Å². The molecule has 3 aromatic carbocycles. The molecule has 8 heteroatoms. The third-order valence-electron chi connectivity index (χ3n) is 9.18. The molecule has 262 valence electrons. The van der Waals surface area contributed by atoms with Crippen molar-refractivity contribution in [3.63, 3.8) is 0 Å². The summed E-state index contributed by atoms with van der Waals surface area (Å²) in [5, 5.41) is 17.7. The first-order chi connectivity index (χ1) is 25.4. The van der Waals surface area contributed by atoms with Crippen LogP contribution in [0, 0.1) is 0 Å². The second kappa shape index (κ2) is 17.8. The maximum absolute atomic E-state index is 10.7. The van der Waals surface area contributed by atoms with Gasteiger partial charge in [0, 0.05) is 66.6 Å². The first-order valence-electron chi connectivity index (χ1n) is 18.0. The van der Waals surface area contributed by atoms with E-state index in [1.165, 1.54) is 0 Å². The van der Waals surface area contributed by atoms with Gasteiger partial charge in [-0.1, -0.05) is 78.9 Å². The summed E-state index contributed by atoms with van der Waals surface area (Å²) in [5.74, 6) is -0.790. The minimum atomic E-state index is -0.732. The molecule has 0 aliphatic carbocycles. The fraction of sp³-hybridized carbons (Fsp3) is 0.227. The number of aromatic nitrogens is 4. The van der Waals surface area contributed by atoms with Gasteiger partial charge in [0.05, 0.1) is 11.4 Å². The average molecular weight is 693 g/mol. The molecule has 0 saturated heterocycles. The van der Waals surface area contributed by atoms with Crippen molar-refractivity contribution in [2.45, 2.75) is 64.5 Å². The summed E-state index contributed by atoms with van der Waals surface area (Å²) in [4.78, 5) is 31.5. The van der Waals surface area contributed by atoms with Crippen LogP contribution in [0.5, 0.6) is 0 Å². The van der Waals surface area contributed by atoms with Crippen LogP contribution < -0.4 is 9.13 Å². The Morgan fingerprint density at radius 2 is 0.827 bits per heavy atom. The number of aliphatic carboxylic acids is 2. The summed E-state index contributed by atoms with van der Waals surface area (Å²) in [6, 6.07) is 37.5. The lowest BCUT2D eigenvalue weighted by molar-refractivity contribution is -0.697. The molecule has 0 aliphatic heterocycles. The SMILES string of the molecule is O=C(O)CCCCC[n+]1ccc(-c2ccc(-c3cc(-c4ccc(-c5cc[n+](CCCCCC(=O)O)cc5)cc4)nc(-c4ccccc4)n3)cc2)cc1. The van der Waals surface area contributed by atoms with Gasteiger partial charge in [-0.3, -0.25) is 9.59 Å². The fourth-order valence-corrected chi connectivity index (χ4v) is 6.22. The van der Waals surface area contributed by atoms with Gasteiger partial charge in [0.2, 0.25) is 0 Å². The van der Waals surface area contributed by atoms with E-state index in [2.05, 4.69) is 113 Å². The number of pyridine rings is 2. The second-order valence-corrected chi connectivity index (χ2v) is 13.0. The molecule has 0 unspecified atom stereocenters. The van der Waals surface area contributed by atoms with E-state index in [-0.39, 0.29) is 12.8 Å². The maximum atomic E-state index is 10.7. The molecule has 2 N–H and O–H groups in total. The lowest BCUT2D eigenvalue weighted by Gasteiger charge is -2.11. The summed E-state index contributed by atoms with van der Waals surface area (Å²) < 4.78 is 4.29. The highest BCUT2D eigenvalue weighted by Crippen LogP contribution is 2.30. The van der Waals surface area contributed by atoms with Crippen molar-refractivity contribution in [3.05, 3.63) is 134 Å². The molecule has 0 spiro atoms. The molecular formula is C44H44N4O4+2. The largest absolute Gasteiger partial charge is 0.481 e. The van der Waals surface area contributed by atoms with E-state index in [4.69, 9.17) is 20.2 Å². The molecular weight excluding hydrogens is 649 g/mol. The van der Waals surface area contributed by atoms with E-state index < -0.39 is 11.9 Å². The van der Waals surface area contributed by atoms with Crippen LogP contribution >= 0.6 is 0 Å². The van der Waals surface area contributed by atoms with Gasteiger partial charge >= 0.3 is 11.9 Å². The molecule has 0 saturated carbocycles. The molecule has 52 heavy (non-hydrogen) atoms. The van der Waals surface area contributed by atoms with Crippen molar-refractivity contribution >= 4 is 11.9 Å². The van der Waals surface area contributed by atoms with Gasteiger partial charge < -0.3 is 10.2 Å². The molecule has 3 aromatic heterocycles. The van der Waals surface area contributed by atoms with Crippen molar-refractivity contribution < 1.29 is 28.9 Å². The van der Waals surface area contributed by atoms with Crippen molar-refractivity contribution in [1.29, 1.82) is 0 Å². The summed E-state index contributed by atoms with van der Waals surface area (Å²) in [6.07, 6.45) is 13.9. The van der Waals surface area contributed by atoms with E-state index in [0.29, 0.717) is 18.7 Å². The normalized spacial score (nSPS) is 11.0. The first kappa shape index (κ1) is 35.8. The zero-order chi connectivity index (χ0) is 36.1. The quantitative estimate of drug-likeness (QED) is 0.0732. The summed E-state index contributed by atoms with van der Waals surface area (Å²) in [7, 11) is 0. The van der Waals surface area contributed by atoms with Crippen LogP contribution in [0.3, 0.4) is 0 Å². The predicted octanol–water partition coefficient (Wildman–Crippen LogP) is 8.68. The highest BCUT2D eigenvalue weighted by Gasteiger charge is 2.12. The van der Waals surface area contributed by atoms with Gasteiger partial charge in [0.25, 0.3) is 0 Å². The first-order valence-corrected chi connectivity index (χ1v) is 18.0. The van der Waals surface area contributed by atoms with Crippen LogP contribution in [-0.2, 0) is 22.7 Å². The Balaban J connectivity index is 1.16. The number of benzene rings is 3. The van der Waals surface area contributed by atoms with Gasteiger partial charge in [-0.15, -0.1) is 0 Å². The molecule has 0 aliphatic rings. The molecule has 6 rings (SSSR count). The number of carboxylic acids is 2. The molecule has 6 aromatic rings. The smallest absolute Gasteiger partial charge is 0.303 e. The number of rotatable bonds is 17. The van der Waals surface area contributed by atoms with E-state index in [9.17, 15) is 9.59 Å². The minimum Gasteiger partial charge on any atom is -0.481 e. The highest BCUT2D eigenvalue weighted by atomic mass is 16.4. The highest BCUT2D eigenvalue weighted by molar-refractivity contribution is 5.75. The van der Waals surface area contributed by atoms with Gasteiger partial charge in [-0.2, -0.15) is 0 Å². The summed E-state index contributed by atoms with van der Waals surface area (Å²) in [6.45, 7) is 1.74. The predicted molar refractivity (Wildman–Crippen MR) is 202 cm³/mol. The molecule has 0 bridgehead atoms. The maximum Gasteiger partial charge on any atom is 0.303 e. The van der Waals surface area contributed by atoms with Crippen LogP contribution in [0.25, 0.3) is 56.2 Å². The van der Waals surface area contributed by atoms with Crippen LogP contribution in [-0.4, -0.2) is 32.1 Å². The van der Waals surface area contributed by atoms with Crippen LogP contribution in [0.2, 0.25) is 0 Å². The number of unbranched alkanes of at least 4 members (excludes halogenated alkanes) is 4. The van der Waals surface area contributed by atoms with Gasteiger partial charge in [0.15, 0.2) is 30.6 Å². The number of hydrogen-bond donors (Lipinski definition) is 2. The van der Waals surface area contributed by atoms with Gasteiger partial charge in [-0.25, -0.2) is 19.1 Å². The van der Waals surface area contributed by atoms with E-state index in [0.717, 1.165) is 89.1 Å². The van der Waals surface area contributed by atoms with E-state index in [1.54, 1.807) is 0 Å². The van der Waals surface area contributed by atoms with Gasteiger partial charge in [-0.05, 0) is 54.0 Å². The monoisotopic (exact) mass is 692 g/mol. The second-order valence-electron chi connectivity index (χ2n) is 13.0. The van der Waals surface area contributed by atoms with Crippen LogP contribution in [0.15, 0.2) is 134 Å². The topological polar surface area (TPSA) is 108 Å². The molecule has 8 nitrogen and oxygen atoms in total. The zero-order valence-electron chi connectivity index (χ0n) is 29.3. The molecule has 0 fully saturated rings. The lowest BCUT2D eigenvalue weighted by atomic mass is 10.0. The van der Waals surface area contributed by atoms with Crippen molar-refractivity contribution in [3.8, 4) is 56.2 Å². The third kappa shape index (κ3) is 10.0. The lowest BCUT2D eigenvalue weighted by Crippen LogP contribution is -2.32. The minimum absolute atomic E-state index is 0.231. The van der Waals surface area contributed by atoms with Crippen LogP contribution in [0.1, 0.15) is 51.4 Å². The number of carboxylic acid groups (broad SMARTS) is 2. The van der Waals surface area contributed by atoms with Crippen molar-refractivity contribution in [2.24, 2.45) is 0 Å². The molecule has 3 heterocycles. The Morgan fingerprint density at radius 3 is 1.23 bits per heavy atom. The molecule has 0 atom stereocenters. The number of aryl methyl sites for hydroxylation is 2. The Labute approximate surface area is 304 Å². The van der Waals surface area contributed by atoms with Crippen molar-refractivity contribution in [2.75, 3.05) is 0 Å². The fourth-order valence-electron chi connectivity index (χ4n) is 6.22. The number of carbonyl (C=O) groups is 2. The zero-order valence-corrected chi connectivity index (χ0v) is 29.3. The van der Waals surface area contributed by atoms with E-state index in [1.807, 2.05) is 30.3 Å². The third-order valence-corrected chi connectivity index (χ3v) is 9.18. The Bertz CT molecular complexity index is 1940. The Kier molecular flexibility index (Phi) is 12.2. The number of hydrogen-bond acceptors (Lipinski definition) is 4. The molecule has 0 amide bonds. The summed E-state index contributed by atoms with van der Waals surface area (Å²) >= 11 is 0. The molecule has 0 radical (unpaired) electrons. The van der Waals surface area contributed by atoms with Gasteiger partial charge in [0.1, 0.15) is 13.1 Å². The standard InChI is InChI=1S/C44H42N4O4/c49-42(50)12-6-2-8-26-47-28-22-35(23-29-47)33-14-18-37(19-15-33)40-32-41(46-44(45-40)39-10-4-1-5-11-39)38-20-16-34(17-21-38)36-24-30-48(31-25-36)27-9-3-7-13-43(51)52/h1,4-5,10-11,14-25,28-32H,2-3,6-9,12-13,26-27H2/p+2. The van der Waals surface area contributed by atoms with Crippen LogP contribution in [0.4, 0.5) is 0 Å². The number of nitrogens with zero attached hydrogens (tertiary/aromatic N) is 4.